The zero-order valence-electron chi connectivity index (χ0n) is 20.0. The number of carbonyl (C=O) groups excluding carboxylic acids is 1. The summed E-state index contributed by atoms with van der Waals surface area (Å²) < 4.78 is 3.96. The van der Waals surface area contributed by atoms with E-state index in [0.29, 0.717) is 21.7 Å². The van der Waals surface area contributed by atoms with Crippen molar-refractivity contribution < 1.29 is 4.79 Å². The van der Waals surface area contributed by atoms with E-state index in [0.717, 1.165) is 33.4 Å². The monoisotopic (exact) mass is 534 g/mol. The molecule has 0 aliphatic heterocycles. The number of rotatable bonds is 6. The Bertz CT molecular complexity index is 1740. The molecule has 0 spiro atoms. The number of para-hydroxylation sites is 4. The van der Waals surface area contributed by atoms with Crippen LogP contribution in [0.2, 0.25) is 10.0 Å². The first-order valence-electron chi connectivity index (χ1n) is 11.9. The van der Waals surface area contributed by atoms with E-state index in [1.807, 2.05) is 106 Å². The van der Waals surface area contributed by atoms with Crippen LogP contribution < -0.4 is 0 Å². The van der Waals surface area contributed by atoms with Gasteiger partial charge in [0.25, 0.3) is 0 Å². The molecule has 38 heavy (non-hydrogen) atoms. The van der Waals surface area contributed by atoms with Gasteiger partial charge in [-0.2, -0.15) is 0 Å². The first-order chi connectivity index (χ1) is 18.6. The van der Waals surface area contributed by atoms with Crippen molar-refractivity contribution in [1.82, 2.24) is 19.1 Å². The lowest BCUT2D eigenvalue weighted by atomic mass is 10.2. The minimum absolute atomic E-state index is 0.195. The topological polar surface area (TPSA) is 52.7 Å². The molecule has 0 aliphatic carbocycles. The molecular weight excluding hydrogens is 515 g/mol. The van der Waals surface area contributed by atoms with Crippen LogP contribution in [0.4, 0.5) is 0 Å². The average Bonchev–Trinajstić information content (AvgIpc) is 3.49. The lowest BCUT2D eigenvalue weighted by molar-refractivity contribution is -0.110. The summed E-state index contributed by atoms with van der Waals surface area (Å²) in [7, 11) is 0. The van der Waals surface area contributed by atoms with Gasteiger partial charge in [0.1, 0.15) is 11.6 Å². The molecule has 4 aromatic carbocycles. The van der Waals surface area contributed by atoms with Gasteiger partial charge in [0, 0.05) is 21.4 Å². The molecule has 2 heterocycles. The summed E-state index contributed by atoms with van der Waals surface area (Å²) in [6, 6.07) is 30.7. The summed E-state index contributed by atoms with van der Waals surface area (Å²) in [6.07, 6.45) is 6.44. The Kier molecular flexibility index (Phi) is 6.38. The Balaban J connectivity index is 1.35. The molecule has 7 heteroatoms. The first kappa shape index (κ1) is 23.9. The van der Waals surface area contributed by atoms with E-state index in [1.165, 1.54) is 12.2 Å². The van der Waals surface area contributed by atoms with Gasteiger partial charge in [-0.3, -0.25) is 13.9 Å². The Morgan fingerprint density at radius 1 is 0.605 bits per heavy atom. The number of hydrogen-bond donors (Lipinski definition) is 0. The number of carbonyl (C=O) groups is 1. The summed E-state index contributed by atoms with van der Waals surface area (Å²) in [4.78, 5) is 22.4. The Morgan fingerprint density at radius 3 is 1.50 bits per heavy atom. The van der Waals surface area contributed by atoms with Gasteiger partial charge in [0.15, 0.2) is 5.78 Å². The lowest BCUT2D eigenvalue weighted by Crippen LogP contribution is -1.98. The maximum absolute atomic E-state index is 12.9. The number of halogens is 2. The highest BCUT2D eigenvalue weighted by Crippen LogP contribution is 2.26. The second kappa shape index (κ2) is 10.1. The SMILES string of the molecule is O=C(/C=C/c1nc2ccccc2n1-c1cccc(Cl)c1)/C=C/c1nc2ccccc2n1-c1cccc(Cl)c1. The number of aromatic nitrogens is 4. The third-order valence-electron chi connectivity index (χ3n) is 6.10. The molecule has 5 nitrogen and oxygen atoms in total. The summed E-state index contributed by atoms with van der Waals surface area (Å²) in [5.41, 5.74) is 5.23. The lowest BCUT2D eigenvalue weighted by Gasteiger charge is -2.07. The average molecular weight is 535 g/mol. The van der Waals surface area contributed by atoms with Crippen LogP contribution in [0, 0.1) is 0 Å². The van der Waals surface area contributed by atoms with Gasteiger partial charge in [-0.05, 0) is 85.0 Å². The van der Waals surface area contributed by atoms with Crippen molar-refractivity contribution in [2.45, 2.75) is 0 Å². The van der Waals surface area contributed by atoms with E-state index >= 15 is 0 Å². The number of hydrogen-bond acceptors (Lipinski definition) is 3. The molecule has 0 N–H and O–H groups in total. The largest absolute Gasteiger partial charge is 0.293 e. The summed E-state index contributed by atoms with van der Waals surface area (Å²) in [6.45, 7) is 0. The highest BCUT2D eigenvalue weighted by atomic mass is 35.5. The maximum Gasteiger partial charge on any atom is 0.178 e. The van der Waals surface area contributed by atoms with Crippen LogP contribution in [0.25, 0.3) is 45.6 Å². The summed E-state index contributed by atoms with van der Waals surface area (Å²) in [5, 5.41) is 1.24. The van der Waals surface area contributed by atoms with E-state index in [4.69, 9.17) is 33.2 Å². The molecule has 0 bridgehead atoms. The van der Waals surface area contributed by atoms with Crippen LogP contribution >= 0.6 is 23.2 Å². The number of allylic oxidation sites excluding steroid dienone is 2. The van der Waals surface area contributed by atoms with Crippen LogP contribution in [-0.4, -0.2) is 24.9 Å². The van der Waals surface area contributed by atoms with Gasteiger partial charge in [-0.1, -0.05) is 59.6 Å². The molecule has 0 saturated heterocycles. The number of fused-ring (bicyclic) bond motifs is 2. The highest BCUT2D eigenvalue weighted by molar-refractivity contribution is 6.31. The molecule has 0 fully saturated rings. The maximum atomic E-state index is 12.9. The minimum atomic E-state index is -0.195. The van der Waals surface area contributed by atoms with Crippen LogP contribution in [0.15, 0.2) is 109 Å². The second-order valence-corrected chi connectivity index (χ2v) is 9.49. The molecule has 0 radical (unpaired) electrons. The second-order valence-electron chi connectivity index (χ2n) is 8.62. The molecular formula is C31H20Cl2N4O. The third-order valence-corrected chi connectivity index (χ3v) is 6.57. The van der Waals surface area contributed by atoms with Gasteiger partial charge < -0.3 is 0 Å². The van der Waals surface area contributed by atoms with Crippen molar-refractivity contribution in [1.29, 1.82) is 0 Å². The van der Waals surface area contributed by atoms with Crippen molar-refractivity contribution >= 4 is 63.2 Å². The third kappa shape index (κ3) is 4.65. The Labute approximate surface area is 228 Å². The van der Waals surface area contributed by atoms with Gasteiger partial charge in [0.2, 0.25) is 0 Å². The fourth-order valence-corrected chi connectivity index (χ4v) is 4.82. The Morgan fingerprint density at radius 2 is 1.05 bits per heavy atom. The fraction of sp³-hybridized carbons (Fsp3) is 0. The van der Waals surface area contributed by atoms with Gasteiger partial charge >= 0.3 is 0 Å². The van der Waals surface area contributed by atoms with E-state index in [9.17, 15) is 4.79 Å². The van der Waals surface area contributed by atoms with Crippen LogP contribution in [0.3, 0.4) is 0 Å². The molecule has 0 unspecified atom stereocenters. The standard InChI is InChI=1S/C31H20Cl2N4O/c32-21-7-5-9-23(19-21)36-28-13-3-1-11-26(28)34-30(36)17-15-25(38)16-18-31-35-27-12-2-4-14-29(27)37(31)24-10-6-8-22(33)20-24/h1-20H/b17-15+,18-16+. The molecule has 0 atom stereocenters. The van der Waals surface area contributed by atoms with Gasteiger partial charge in [-0.25, -0.2) is 9.97 Å². The predicted octanol–water partition coefficient (Wildman–Crippen LogP) is 7.97. The molecule has 0 amide bonds. The molecule has 0 saturated carbocycles. The van der Waals surface area contributed by atoms with Crippen molar-refractivity contribution in [2.24, 2.45) is 0 Å². The van der Waals surface area contributed by atoms with Crippen LogP contribution in [0.5, 0.6) is 0 Å². The smallest absolute Gasteiger partial charge is 0.178 e. The van der Waals surface area contributed by atoms with Crippen molar-refractivity contribution in [2.75, 3.05) is 0 Å². The molecule has 184 valence electrons. The number of benzene rings is 4. The van der Waals surface area contributed by atoms with Crippen molar-refractivity contribution in [3.8, 4) is 11.4 Å². The minimum Gasteiger partial charge on any atom is -0.293 e. The van der Waals surface area contributed by atoms with Crippen molar-refractivity contribution in [3.63, 3.8) is 0 Å². The fourth-order valence-electron chi connectivity index (χ4n) is 4.45. The quantitative estimate of drug-likeness (QED) is 0.203. The summed E-state index contributed by atoms with van der Waals surface area (Å²) >= 11 is 12.5. The van der Waals surface area contributed by atoms with Crippen LogP contribution in [0.1, 0.15) is 11.6 Å². The molecule has 2 aromatic heterocycles. The summed E-state index contributed by atoms with van der Waals surface area (Å²) in [5.74, 6) is 1.06. The van der Waals surface area contributed by atoms with E-state index in [1.54, 1.807) is 12.2 Å². The normalized spacial score (nSPS) is 11.8. The van der Waals surface area contributed by atoms with E-state index < -0.39 is 0 Å². The highest BCUT2D eigenvalue weighted by Gasteiger charge is 2.12. The van der Waals surface area contributed by atoms with E-state index in [2.05, 4.69) is 0 Å². The van der Waals surface area contributed by atoms with Gasteiger partial charge in [0.05, 0.1) is 22.1 Å². The van der Waals surface area contributed by atoms with Crippen LogP contribution in [-0.2, 0) is 4.79 Å². The molecule has 0 aliphatic rings. The molecule has 6 rings (SSSR count). The Hall–Kier alpha value is -4.45. The van der Waals surface area contributed by atoms with E-state index in [-0.39, 0.29) is 5.78 Å². The zero-order chi connectivity index (χ0) is 26.1. The first-order valence-corrected chi connectivity index (χ1v) is 12.7. The number of imidazole rings is 2. The molecule has 6 aromatic rings. The van der Waals surface area contributed by atoms with Gasteiger partial charge in [-0.15, -0.1) is 0 Å². The zero-order valence-corrected chi connectivity index (χ0v) is 21.5. The number of ketones is 1. The number of nitrogens with zero attached hydrogens (tertiary/aromatic N) is 4. The van der Waals surface area contributed by atoms with Crippen molar-refractivity contribution in [3.05, 3.63) is 131 Å². The predicted molar refractivity (Wildman–Crippen MR) is 155 cm³/mol.